The Balaban J connectivity index is 2.96. The molecule has 0 aliphatic carbocycles. The fourth-order valence-electron chi connectivity index (χ4n) is 1.13. The molecule has 0 heterocycles. The molecule has 76 valence electrons. The van der Waals surface area contributed by atoms with Crippen molar-refractivity contribution in [2.75, 3.05) is 13.2 Å². The monoisotopic (exact) mass is 255 g/mol. The summed E-state index contributed by atoms with van der Waals surface area (Å²) in [6.07, 6.45) is 3.88. The highest BCUT2D eigenvalue weighted by atomic mass is 79.9. The molecule has 0 saturated carbocycles. The molecule has 0 aliphatic rings. The molecule has 1 aromatic carbocycles. The van der Waals surface area contributed by atoms with Crippen LogP contribution in [-0.2, 0) is 0 Å². The van der Waals surface area contributed by atoms with E-state index < -0.39 is 0 Å². The summed E-state index contributed by atoms with van der Waals surface area (Å²) in [7, 11) is 0. The minimum absolute atomic E-state index is 0.540. The topological polar surface area (TPSA) is 35.2 Å². The van der Waals surface area contributed by atoms with E-state index in [9.17, 15) is 0 Å². The van der Waals surface area contributed by atoms with Crippen LogP contribution in [0.4, 0.5) is 0 Å². The minimum atomic E-state index is 0.540. The average molecular weight is 256 g/mol. The maximum Gasteiger partial charge on any atom is 0.126 e. The smallest absolute Gasteiger partial charge is 0.126 e. The molecule has 1 aromatic rings. The van der Waals surface area contributed by atoms with Gasteiger partial charge in [0.2, 0.25) is 0 Å². The Morgan fingerprint density at radius 1 is 1.50 bits per heavy atom. The second-order valence-electron chi connectivity index (χ2n) is 2.75. The third-order valence-corrected chi connectivity index (χ3v) is 2.20. The lowest BCUT2D eigenvalue weighted by Gasteiger charge is -2.07. The molecule has 0 unspecified atom stereocenters. The summed E-state index contributed by atoms with van der Waals surface area (Å²) in [5.41, 5.74) is 6.45. The molecular formula is C11H14BrNO. The van der Waals surface area contributed by atoms with Crippen LogP contribution in [0.2, 0.25) is 0 Å². The minimum Gasteiger partial charge on any atom is -0.493 e. The summed E-state index contributed by atoms with van der Waals surface area (Å²) in [6, 6.07) is 5.92. The van der Waals surface area contributed by atoms with E-state index in [1.54, 1.807) is 0 Å². The number of benzene rings is 1. The SMILES string of the molecule is CCOc1ccc(Br)cc1C=CCN. The van der Waals surface area contributed by atoms with E-state index in [4.69, 9.17) is 10.5 Å². The molecule has 3 heteroatoms. The molecule has 0 saturated heterocycles. The predicted molar refractivity (Wildman–Crippen MR) is 63.4 cm³/mol. The van der Waals surface area contributed by atoms with Crippen LogP contribution >= 0.6 is 15.9 Å². The van der Waals surface area contributed by atoms with Crippen molar-refractivity contribution >= 4 is 22.0 Å². The van der Waals surface area contributed by atoms with Gasteiger partial charge in [-0.05, 0) is 25.1 Å². The van der Waals surface area contributed by atoms with Crippen LogP contribution in [0.5, 0.6) is 5.75 Å². The lowest BCUT2D eigenvalue weighted by molar-refractivity contribution is 0.339. The Kier molecular flexibility index (Phi) is 4.70. The standard InChI is InChI=1S/C11H14BrNO/c1-2-14-11-6-5-10(12)8-9(11)4-3-7-13/h3-6,8H,2,7,13H2,1H3. The summed E-state index contributed by atoms with van der Waals surface area (Å²) < 4.78 is 6.52. The fourth-order valence-corrected chi connectivity index (χ4v) is 1.51. The molecular weight excluding hydrogens is 242 g/mol. The Hall–Kier alpha value is -0.800. The van der Waals surface area contributed by atoms with Gasteiger partial charge in [-0.3, -0.25) is 0 Å². The van der Waals surface area contributed by atoms with Crippen molar-refractivity contribution in [2.45, 2.75) is 6.92 Å². The van der Waals surface area contributed by atoms with Gasteiger partial charge in [-0.25, -0.2) is 0 Å². The Labute approximate surface area is 92.9 Å². The highest BCUT2D eigenvalue weighted by Crippen LogP contribution is 2.24. The van der Waals surface area contributed by atoms with E-state index >= 15 is 0 Å². The largest absolute Gasteiger partial charge is 0.493 e. The molecule has 0 aliphatic heterocycles. The first kappa shape index (κ1) is 11.3. The van der Waals surface area contributed by atoms with Crippen LogP contribution in [-0.4, -0.2) is 13.2 Å². The zero-order chi connectivity index (χ0) is 10.4. The highest BCUT2D eigenvalue weighted by molar-refractivity contribution is 9.10. The first-order valence-corrected chi connectivity index (χ1v) is 5.36. The zero-order valence-electron chi connectivity index (χ0n) is 8.16. The van der Waals surface area contributed by atoms with Crippen molar-refractivity contribution in [2.24, 2.45) is 5.73 Å². The van der Waals surface area contributed by atoms with Gasteiger partial charge in [-0.15, -0.1) is 0 Å². The Morgan fingerprint density at radius 2 is 2.29 bits per heavy atom. The summed E-state index contributed by atoms with van der Waals surface area (Å²) in [5.74, 6) is 0.889. The highest BCUT2D eigenvalue weighted by Gasteiger charge is 2.00. The molecule has 0 fully saturated rings. The van der Waals surface area contributed by atoms with E-state index in [1.165, 1.54) is 0 Å². The molecule has 0 radical (unpaired) electrons. The Bertz CT molecular complexity index is 323. The maximum atomic E-state index is 5.48. The number of hydrogen-bond acceptors (Lipinski definition) is 2. The van der Waals surface area contributed by atoms with Gasteiger partial charge in [0.25, 0.3) is 0 Å². The second kappa shape index (κ2) is 5.83. The second-order valence-corrected chi connectivity index (χ2v) is 3.67. The van der Waals surface area contributed by atoms with Crippen molar-refractivity contribution in [1.82, 2.24) is 0 Å². The number of rotatable bonds is 4. The summed E-state index contributed by atoms with van der Waals surface area (Å²) in [5, 5.41) is 0. The third kappa shape index (κ3) is 3.16. The van der Waals surface area contributed by atoms with Crippen molar-refractivity contribution < 1.29 is 4.74 Å². The van der Waals surface area contributed by atoms with Gasteiger partial charge in [0.1, 0.15) is 5.75 Å². The normalized spacial score (nSPS) is 10.8. The van der Waals surface area contributed by atoms with Crippen molar-refractivity contribution in [1.29, 1.82) is 0 Å². The lowest BCUT2D eigenvalue weighted by Crippen LogP contribution is -1.95. The number of hydrogen-bond donors (Lipinski definition) is 1. The van der Waals surface area contributed by atoms with Crippen molar-refractivity contribution in [3.63, 3.8) is 0 Å². The van der Waals surface area contributed by atoms with Crippen LogP contribution in [0.1, 0.15) is 12.5 Å². The molecule has 0 atom stereocenters. The van der Waals surface area contributed by atoms with Gasteiger partial charge in [0.15, 0.2) is 0 Å². The van der Waals surface area contributed by atoms with Gasteiger partial charge in [0.05, 0.1) is 6.61 Å². The lowest BCUT2D eigenvalue weighted by atomic mass is 10.2. The van der Waals surface area contributed by atoms with Gasteiger partial charge < -0.3 is 10.5 Å². The van der Waals surface area contributed by atoms with Crippen LogP contribution in [0, 0.1) is 0 Å². The summed E-state index contributed by atoms with van der Waals surface area (Å²) >= 11 is 3.42. The zero-order valence-corrected chi connectivity index (χ0v) is 9.75. The third-order valence-electron chi connectivity index (χ3n) is 1.71. The van der Waals surface area contributed by atoms with Gasteiger partial charge in [-0.1, -0.05) is 28.1 Å². The van der Waals surface area contributed by atoms with E-state index in [0.29, 0.717) is 13.2 Å². The van der Waals surface area contributed by atoms with Crippen LogP contribution in [0.25, 0.3) is 6.08 Å². The molecule has 2 nitrogen and oxygen atoms in total. The molecule has 0 spiro atoms. The molecule has 0 amide bonds. The van der Waals surface area contributed by atoms with Crippen LogP contribution in [0.3, 0.4) is 0 Å². The number of halogens is 1. The van der Waals surface area contributed by atoms with Gasteiger partial charge in [0, 0.05) is 16.6 Å². The molecule has 14 heavy (non-hydrogen) atoms. The maximum absolute atomic E-state index is 5.48. The van der Waals surface area contributed by atoms with E-state index in [2.05, 4.69) is 15.9 Å². The summed E-state index contributed by atoms with van der Waals surface area (Å²) in [4.78, 5) is 0. The quantitative estimate of drug-likeness (QED) is 0.899. The molecule has 0 bridgehead atoms. The van der Waals surface area contributed by atoms with E-state index in [1.807, 2.05) is 37.3 Å². The van der Waals surface area contributed by atoms with Gasteiger partial charge in [-0.2, -0.15) is 0 Å². The van der Waals surface area contributed by atoms with E-state index in [0.717, 1.165) is 15.8 Å². The van der Waals surface area contributed by atoms with Crippen LogP contribution < -0.4 is 10.5 Å². The van der Waals surface area contributed by atoms with Crippen molar-refractivity contribution in [3.8, 4) is 5.75 Å². The van der Waals surface area contributed by atoms with Gasteiger partial charge >= 0.3 is 0 Å². The number of ether oxygens (including phenoxy) is 1. The average Bonchev–Trinajstić information content (AvgIpc) is 2.18. The molecule has 0 aromatic heterocycles. The Morgan fingerprint density at radius 3 is 2.93 bits per heavy atom. The first-order chi connectivity index (χ1) is 6.77. The predicted octanol–water partition coefficient (Wildman–Crippen LogP) is 2.82. The molecule has 1 rings (SSSR count). The first-order valence-electron chi connectivity index (χ1n) is 4.57. The van der Waals surface area contributed by atoms with Crippen LogP contribution in [0.15, 0.2) is 28.7 Å². The van der Waals surface area contributed by atoms with E-state index in [-0.39, 0.29) is 0 Å². The fraction of sp³-hybridized carbons (Fsp3) is 0.273. The van der Waals surface area contributed by atoms with Crippen molar-refractivity contribution in [3.05, 3.63) is 34.3 Å². The summed E-state index contributed by atoms with van der Waals surface area (Å²) in [6.45, 7) is 3.18. The number of nitrogens with two attached hydrogens (primary N) is 1. The molecule has 2 N–H and O–H groups in total.